The van der Waals surface area contributed by atoms with Gasteiger partial charge in [-0.15, -0.1) is 24.0 Å². The molecule has 0 aromatic rings. The van der Waals surface area contributed by atoms with Gasteiger partial charge in [-0.1, -0.05) is 6.92 Å². The quantitative estimate of drug-likeness (QED) is 0.289. The number of nitrogens with zero attached hydrogens (tertiary/aromatic N) is 2. The van der Waals surface area contributed by atoms with Crippen molar-refractivity contribution < 1.29 is 9.84 Å². The normalized spacial score (nSPS) is 21.8. The maximum atomic E-state index is 9.25. The molecule has 0 radical (unpaired) electrons. The van der Waals surface area contributed by atoms with Crippen molar-refractivity contribution in [2.45, 2.75) is 26.7 Å². The first kappa shape index (κ1) is 21.9. The van der Waals surface area contributed by atoms with Crippen LogP contribution in [0.25, 0.3) is 0 Å². The number of aliphatic hydroxyl groups is 1. The van der Waals surface area contributed by atoms with Crippen LogP contribution >= 0.6 is 24.0 Å². The molecule has 0 spiro atoms. The lowest BCUT2D eigenvalue weighted by molar-refractivity contribution is 0.131. The van der Waals surface area contributed by atoms with Crippen LogP contribution in [0.4, 0.5) is 0 Å². The van der Waals surface area contributed by atoms with Crippen molar-refractivity contribution in [2.24, 2.45) is 10.4 Å². The smallest absolute Gasteiger partial charge is 0.191 e. The molecule has 0 amide bonds. The van der Waals surface area contributed by atoms with E-state index in [0.29, 0.717) is 13.2 Å². The van der Waals surface area contributed by atoms with E-state index in [-0.39, 0.29) is 36.0 Å². The van der Waals surface area contributed by atoms with Gasteiger partial charge in [0, 0.05) is 38.3 Å². The van der Waals surface area contributed by atoms with Gasteiger partial charge in [0.2, 0.25) is 0 Å². The van der Waals surface area contributed by atoms with Crippen molar-refractivity contribution in [3.05, 3.63) is 0 Å². The number of guanidine groups is 1. The second-order valence-corrected chi connectivity index (χ2v) is 5.79. The first-order valence-corrected chi connectivity index (χ1v) is 8.05. The molecule has 1 aliphatic rings. The zero-order valence-corrected chi connectivity index (χ0v) is 16.6. The average molecular weight is 428 g/mol. The molecule has 0 aliphatic carbocycles. The first-order chi connectivity index (χ1) is 10.2. The van der Waals surface area contributed by atoms with Crippen LogP contribution in [0.3, 0.4) is 0 Å². The van der Waals surface area contributed by atoms with E-state index in [2.05, 4.69) is 36.4 Å². The Hall–Kier alpha value is -0.120. The summed E-state index contributed by atoms with van der Waals surface area (Å²) in [5.41, 5.74) is 0.0112. The lowest BCUT2D eigenvalue weighted by Gasteiger charge is -2.25. The molecular formula is C15H33IN4O2. The number of hydrogen-bond donors (Lipinski definition) is 3. The molecular weight excluding hydrogens is 395 g/mol. The SMILES string of the molecule is CCNC(=NCC1(CCO)CCOC1)NCCN(C)CC.I. The highest BCUT2D eigenvalue weighted by molar-refractivity contribution is 14.0. The molecule has 1 rings (SSSR count). The molecule has 6 nitrogen and oxygen atoms in total. The van der Waals surface area contributed by atoms with E-state index in [0.717, 1.165) is 51.6 Å². The van der Waals surface area contributed by atoms with Crippen LogP contribution in [0.1, 0.15) is 26.7 Å². The number of nitrogens with one attached hydrogen (secondary N) is 2. The van der Waals surface area contributed by atoms with Crippen molar-refractivity contribution in [3.8, 4) is 0 Å². The number of likely N-dealkylation sites (N-methyl/N-ethyl adjacent to an activating group) is 1. The van der Waals surface area contributed by atoms with Crippen LogP contribution in [0.15, 0.2) is 4.99 Å². The van der Waals surface area contributed by atoms with E-state index < -0.39 is 0 Å². The Morgan fingerprint density at radius 3 is 2.68 bits per heavy atom. The fourth-order valence-corrected chi connectivity index (χ4v) is 2.40. The molecule has 132 valence electrons. The lowest BCUT2D eigenvalue weighted by Crippen LogP contribution is -2.42. The van der Waals surface area contributed by atoms with Gasteiger partial charge in [0.05, 0.1) is 13.2 Å². The summed E-state index contributed by atoms with van der Waals surface area (Å²) in [6.07, 6.45) is 1.74. The third kappa shape index (κ3) is 7.94. The second kappa shape index (κ2) is 12.3. The summed E-state index contributed by atoms with van der Waals surface area (Å²) in [6.45, 7) is 10.4. The third-order valence-corrected chi connectivity index (χ3v) is 4.07. The zero-order valence-electron chi connectivity index (χ0n) is 14.2. The number of aliphatic hydroxyl groups excluding tert-OH is 1. The van der Waals surface area contributed by atoms with Crippen LogP contribution in [0.2, 0.25) is 0 Å². The Kier molecular flexibility index (Phi) is 12.3. The van der Waals surface area contributed by atoms with Crippen molar-refractivity contribution in [3.63, 3.8) is 0 Å². The molecule has 0 aromatic carbocycles. The largest absolute Gasteiger partial charge is 0.396 e. The van der Waals surface area contributed by atoms with E-state index in [4.69, 9.17) is 9.73 Å². The van der Waals surface area contributed by atoms with Crippen LogP contribution in [0.5, 0.6) is 0 Å². The summed E-state index contributed by atoms with van der Waals surface area (Å²) in [5, 5.41) is 15.9. The summed E-state index contributed by atoms with van der Waals surface area (Å²) >= 11 is 0. The predicted octanol–water partition coefficient (Wildman–Crippen LogP) is 0.900. The summed E-state index contributed by atoms with van der Waals surface area (Å²) in [7, 11) is 2.11. The van der Waals surface area contributed by atoms with Crippen LogP contribution < -0.4 is 10.6 Å². The van der Waals surface area contributed by atoms with E-state index in [1.54, 1.807) is 0 Å². The molecule has 1 aliphatic heterocycles. The third-order valence-electron chi connectivity index (χ3n) is 4.07. The van der Waals surface area contributed by atoms with Gasteiger partial charge in [-0.2, -0.15) is 0 Å². The molecule has 3 N–H and O–H groups in total. The molecule has 1 saturated heterocycles. The molecule has 1 unspecified atom stereocenters. The molecule has 0 bridgehead atoms. The fourth-order valence-electron chi connectivity index (χ4n) is 2.40. The van der Waals surface area contributed by atoms with Gasteiger partial charge in [0.25, 0.3) is 0 Å². The zero-order chi connectivity index (χ0) is 15.6. The average Bonchev–Trinajstić information content (AvgIpc) is 2.94. The first-order valence-electron chi connectivity index (χ1n) is 8.05. The van der Waals surface area contributed by atoms with Crippen LogP contribution in [-0.2, 0) is 4.74 Å². The fraction of sp³-hybridized carbons (Fsp3) is 0.933. The van der Waals surface area contributed by atoms with Gasteiger partial charge < -0.3 is 25.4 Å². The highest BCUT2D eigenvalue weighted by atomic mass is 127. The molecule has 7 heteroatoms. The highest BCUT2D eigenvalue weighted by Crippen LogP contribution is 2.32. The van der Waals surface area contributed by atoms with E-state index >= 15 is 0 Å². The van der Waals surface area contributed by atoms with Crippen molar-refractivity contribution in [1.82, 2.24) is 15.5 Å². The Bertz CT molecular complexity index is 310. The van der Waals surface area contributed by atoms with Crippen molar-refractivity contribution in [1.29, 1.82) is 0 Å². The maximum Gasteiger partial charge on any atom is 0.191 e. The molecule has 1 heterocycles. The monoisotopic (exact) mass is 428 g/mol. The Labute approximate surface area is 152 Å². The topological polar surface area (TPSA) is 69.1 Å². The number of rotatable bonds is 9. The van der Waals surface area contributed by atoms with Gasteiger partial charge in [-0.25, -0.2) is 0 Å². The minimum Gasteiger partial charge on any atom is -0.396 e. The van der Waals surface area contributed by atoms with E-state index in [1.165, 1.54) is 0 Å². The number of hydrogen-bond acceptors (Lipinski definition) is 4. The Balaban J connectivity index is 0.00000441. The molecule has 0 saturated carbocycles. The van der Waals surface area contributed by atoms with Gasteiger partial charge in [-0.3, -0.25) is 4.99 Å². The van der Waals surface area contributed by atoms with Gasteiger partial charge in [0.1, 0.15) is 0 Å². The Morgan fingerprint density at radius 1 is 1.36 bits per heavy atom. The highest BCUT2D eigenvalue weighted by Gasteiger charge is 2.34. The minimum absolute atomic E-state index is 0. The molecule has 1 atom stereocenters. The predicted molar refractivity (Wildman–Crippen MR) is 102 cm³/mol. The minimum atomic E-state index is 0. The van der Waals surface area contributed by atoms with Crippen molar-refractivity contribution >= 4 is 29.9 Å². The number of halogens is 1. The van der Waals surface area contributed by atoms with Crippen LogP contribution in [-0.4, -0.2) is 75.6 Å². The Morgan fingerprint density at radius 2 is 2.14 bits per heavy atom. The summed E-state index contributed by atoms with van der Waals surface area (Å²) in [4.78, 5) is 6.95. The number of ether oxygens (including phenoxy) is 1. The summed E-state index contributed by atoms with van der Waals surface area (Å²) in [6, 6.07) is 0. The second-order valence-electron chi connectivity index (χ2n) is 5.79. The van der Waals surface area contributed by atoms with Gasteiger partial charge >= 0.3 is 0 Å². The maximum absolute atomic E-state index is 9.25. The standard InChI is InChI=1S/C15H32N4O2.HI/c1-4-16-14(17-8-9-19(3)5-2)18-12-15(6-10-20)7-11-21-13-15;/h20H,4-13H2,1-3H3,(H2,16,17,18);1H. The van der Waals surface area contributed by atoms with Crippen LogP contribution in [0, 0.1) is 5.41 Å². The number of aliphatic imine (C=N–C) groups is 1. The molecule has 0 aromatic heterocycles. The summed E-state index contributed by atoms with van der Waals surface area (Å²) < 4.78 is 5.50. The van der Waals surface area contributed by atoms with Crippen molar-refractivity contribution in [2.75, 3.05) is 59.6 Å². The molecule has 22 heavy (non-hydrogen) atoms. The van der Waals surface area contributed by atoms with E-state index in [1.807, 2.05) is 0 Å². The summed E-state index contributed by atoms with van der Waals surface area (Å²) in [5.74, 6) is 0.853. The van der Waals surface area contributed by atoms with E-state index in [9.17, 15) is 5.11 Å². The van der Waals surface area contributed by atoms with Gasteiger partial charge in [-0.05, 0) is 33.4 Å². The van der Waals surface area contributed by atoms with Gasteiger partial charge in [0.15, 0.2) is 5.96 Å². The molecule has 1 fully saturated rings. The lowest BCUT2D eigenvalue weighted by atomic mass is 9.84.